The second-order valence-electron chi connectivity index (χ2n) is 3.98. The highest BCUT2D eigenvalue weighted by atomic mass is 32.1. The molecule has 2 N–H and O–H groups in total. The Labute approximate surface area is 108 Å². The Morgan fingerprint density at radius 2 is 2.39 bits per heavy atom. The van der Waals surface area contributed by atoms with Crippen molar-refractivity contribution < 1.29 is 0 Å². The molecule has 18 heavy (non-hydrogen) atoms. The molecular formula is C12H13N5S. The molecular weight excluding hydrogens is 246 g/mol. The van der Waals surface area contributed by atoms with Crippen LogP contribution < -0.4 is 5.32 Å². The average Bonchev–Trinajstić information content (AvgIpc) is 3.07. The van der Waals surface area contributed by atoms with E-state index in [1.54, 1.807) is 16.0 Å². The van der Waals surface area contributed by atoms with Crippen LogP contribution in [0, 0.1) is 0 Å². The third-order valence-corrected chi connectivity index (χ3v) is 3.55. The summed E-state index contributed by atoms with van der Waals surface area (Å²) in [5.74, 6) is 0.871. The van der Waals surface area contributed by atoms with E-state index in [1.807, 2.05) is 31.6 Å². The van der Waals surface area contributed by atoms with Crippen LogP contribution in [0.25, 0.3) is 10.6 Å². The Kier molecular flexibility index (Phi) is 2.85. The zero-order valence-electron chi connectivity index (χ0n) is 9.92. The lowest BCUT2D eigenvalue weighted by Gasteiger charge is -2.02. The average molecular weight is 259 g/mol. The first-order valence-electron chi connectivity index (χ1n) is 5.62. The summed E-state index contributed by atoms with van der Waals surface area (Å²) in [6, 6.07) is 6.07. The summed E-state index contributed by atoms with van der Waals surface area (Å²) in [6.07, 6.45) is 3.77. The molecule has 0 amide bonds. The first kappa shape index (κ1) is 11.0. The maximum Gasteiger partial charge on any atom is 0.148 e. The van der Waals surface area contributed by atoms with Crippen LogP contribution in [0.4, 0.5) is 5.82 Å². The molecule has 92 valence electrons. The molecule has 3 heterocycles. The van der Waals surface area contributed by atoms with Gasteiger partial charge in [0.15, 0.2) is 0 Å². The van der Waals surface area contributed by atoms with Gasteiger partial charge in [-0.1, -0.05) is 6.07 Å². The molecule has 3 rings (SSSR count). The summed E-state index contributed by atoms with van der Waals surface area (Å²) in [7, 11) is 1.90. The monoisotopic (exact) mass is 259 g/mol. The van der Waals surface area contributed by atoms with Crippen LogP contribution in [0.5, 0.6) is 0 Å². The Bertz CT molecular complexity index is 622. The van der Waals surface area contributed by atoms with Crippen molar-refractivity contribution in [1.82, 2.24) is 20.0 Å². The van der Waals surface area contributed by atoms with E-state index in [0.717, 1.165) is 17.1 Å². The quantitative estimate of drug-likeness (QED) is 0.756. The molecule has 0 atom stereocenters. The minimum atomic E-state index is 0.709. The van der Waals surface area contributed by atoms with Crippen LogP contribution in [0.1, 0.15) is 5.56 Å². The Morgan fingerprint density at radius 3 is 3.11 bits per heavy atom. The molecule has 0 spiro atoms. The molecule has 0 aliphatic heterocycles. The number of rotatable bonds is 4. The maximum atomic E-state index is 4.28. The molecule has 0 saturated heterocycles. The Balaban J connectivity index is 1.76. The van der Waals surface area contributed by atoms with E-state index in [4.69, 9.17) is 0 Å². The zero-order chi connectivity index (χ0) is 12.4. The number of H-pyrrole nitrogens is 1. The highest BCUT2D eigenvalue weighted by Crippen LogP contribution is 2.26. The van der Waals surface area contributed by atoms with Crippen LogP contribution in [-0.4, -0.2) is 20.0 Å². The van der Waals surface area contributed by atoms with Gasteiger partial charge < -0.3 is 5.32 Å². The van der Waals surface area contributed by atoms with Gasteiger partial charge in [-0.25, -0.2) is 0 Å². The van der Waals surface area contributed by atoms with Crippen molar-refractivity contribution in [3.8, 4) is 10.6 Å². The summed E-state index contributed by atoms with van der Waals surface area (Å²) in [5, 5.41) is 16.8. The van der Waals surface area contributed by atoms with Gasteiger partial charge in [-0.15, -0.1) is 11.3 Å². The van der Waals surface area contributed by atoms with E-state index in [-0.39, 0.29) is 0 Å². The van der Waals surface area contributed by atoms with Crippen molar-refractivity contribution >= 4 is 17.2 Å². The summed E-state index contributed by atoms with van der Waals surface area (Å²) in [5.41, 5.74) is 2.22. The minimum Gasteiger partial charge on any atom is -0.364 e. The zero-order valence-corrected chi connectivity index (χ0v) is 10.7. The van der Waals surface area contributed by atoms with Gasteiger partial charge in [0.1, 0.15) is 5.82 Å². The summed E-state index contributed by atoms with van der Waals surface area (Å²) in [6.45, 7) is 0.709. The smallest absolute Gasteiger partial charge is 0.148 e. The largest absolute Gasteiger partial charge is 0.364 e. The number of nitrogens with one attached hydrogen (secondary N) is 2. The molecule has 0 saturated carbocycles. The minimum absolute atomic E-state index is 0.709. The van der Waals surface area contributed by atoms with Crippen molar-refractivity contribution in [2.24, 2.45) is 7.05 Å². The molecule has 0 unspecified atom stereocenters. The lowest BCUT2D eigenvalue weighted by molar-refractivity contribution is 0.768. The molecule has 5 nitrogen and oxygen atoms in total. The molecule has 0 aromatic carbocycles. The van der Waals surface area contributed by atoms with Crippen LogP contribution in [0.15, 0.2) is 36.0 Å². The molecule has 0 fully saturated rings. The van der Waals surface area contributed by atoms with E-state index in [9.17, 15) is 0 Å². The SMILES string of the molecule is Cn1ccc(NCc2cn[nH]c2-c2cccs2)n1. The number of nitrogens with zero attached hydrogens (tertiary/aromatic N) is 3. The fourth-order valence-corrected chi connectivity index (χ4v) is 2.53. The number of aryl methyl sites for hydroxylation is 1. The Hall–Kier alpha value is -2.08. The maximum absolute atomic E-state index is 4.28. The van der Waals surface area contributed by atoms with Gasteiger partial charge in [-0.05, 0) is 11.4 Å². The van der Waals surface area contributed by atoms with Crippen molar-refractivity contribution in [1.29, 1.82) is 0 Å². The lowest BCUT2D eigenvalue weighted by Crippen LogP contribution is -2.01. The van der Waals surface area contributed by atoms with E-state index >= 15 is 0 Å². The second-order valence-corrected chi connectivity index (χ2v) is 4.92. The van der Waals surface area contributed by atoms with E-state index < -0.39 is 0 Å². The van der Waals surface area contributed by atoms with E-state index in [2.05, 4.69) is 32.1 Å². The second kappa shape index (κ2) is 4.66. The van der Waals surface area contributed by atoms with Gasteiger partial charge in [-0.2, -0.15) is 10.2 Å². The number of thiophene rings is 1. The molecule has 0 bridgehead atoms. The highest BCUT2D eigenvalue weighted by molar-refractivity contribution is 7.13. The van der Waals surface area contributed by atoms with E-state index in [0.29, 0.717) is 6.54 Å². The fourth-order valence-electron chi connectivity index (χ4n) is 1.77. The summed E-state index contributed by atoms with van der Waals surface area (Å²) in [4.78, 5) is 1.20. The van der Waals surface area contributed by atoms with Gasteiger partial charge in [0.2, 0.25) is 0 Å². The topological polar surface area (TPSA) is 58.5 Å². The number of hydrogen-bond donors (Lipinski definition) is 2. The van der Waals surface area contributed by atoms with Crippen LogP contribution in [0.2, 0.25) is 0 Å². The number of hydrogen-bond acceptors (Lipinski definition) is 4. The van der Waals surface area contributed by atoms with E-state index in [1.165, 1.54) is 4.88 Å². The third-order valence-electron chi connectivity index (χ3n) is 2.66. The van der Waals surface area contributed by atoms with Crippen LogP contribution >= 0.6 is 11.3 Å². The molecule has 6 heteroatoms. The predicted molar refractivity (Wildman–Crippen MR) is 72.4 cm³/mol. The summed E-state index contributed by atoms with van der Waals surface area (Å²) >= 11 is 1.70. The Morgan fingerprint density at radius 1 is 1.44 bits per heavy atom. The van der Waals surface area contributed by atoms with Gasteiger partial charge in [-0.3, -0.25) is 9.78 Å². The standard InChI is InChI=1S/C12H13N5S/c1-17-5-4-11(16-17)13-7-9-8-14-15-12(9)10-3-2-6-18-10/h2-6,8H,7H2,1H3,(H,13,16)(H,14,15). The van der Waals surface area contributed by atoms with Crippen LogP contribution in [-0.2, 0) is 13.6 Å². The third kappa shape index (κ3) is 2.14. The summed E-state index contributed by atoms with van der Waals surface area (Å²) < 4.78 is 1.78. The van der Waals surface area contributed by atoms with Gasteiger partial charge in [0, 0.05) is 31.4 Å². The molecule has 0 aliphatic carbocycles. The highest BCUT2D eigenvalue weighted by Gasteiger charge is 2.08. The molecule has 3 aromatic heterocycles. The number of aromatic nitrogens is 4. The van der Waals surface area contributed by atoms with Crippen molar-refractivity contribution in [2.45, 2.75) is 6.54 Å². The first-order valence-corrected chi connectivity index (χ1v) is 6.50. The number of anilines is 1. The fraction of sp³-hybridized carbons (Fsp3) is 0.167. The van der Waals surface area contributed by atoms with Crippen molar-refractivity contribution in [2.75, 3.05) is 5.32 Å². The first-order chi connectivity index (χ1) is 8.83. The molecule has 0 radical (unpaired) electrons. The number of aromatic amines is 1. The normalized spacial score (nSPS) is 10.7. The van der Waals surface area contributed by atoms with Crippen molar-refractivity contribution in [3.05, 3.63) is 41.5 Å². The predicted octanol–water partition coefficient (Wildman–Crippen LogP) is 2.48. The van der Waals surface area contributed by atoms with Crippen molar-refractivity contribution in [3.63, 3.8) is 0 Å². The molecule has 0 aliphatic rings. The van der Waals surface area contributed by atoms with Gasteiger partial charge in [0.25, 0.3) is 0 Å². The molecule has 3 aromatic rings. The van der Waals surface area contributed by atoms with Gasteiger partial charge in [0.05, 0.1) is 16.8 Å². The van der Waals surface area contributed by atoms with Gasteiger partial charge >= 0.3 is 0 Å². The lowest BCUT2D eigenvalue weighted by atomic mass is 10.2. The van der Waals surface area contributed by atoms with Crippen LogP contribution in [0.3, 0.4) is 0 Å².